The zero-order valence-electron chi connectivity index (χ0n) is 16.8. The van der Waals surface area contributed by atoms with E-state index in [4.69, 9.17) is 9.97 Å². The van der Waals surface area contributed by atoms with E-state index in [1.807, 2.05) is 0 Å². The zero-order valence-corrected chi connectivity index (χ0v) is 16.8. The summed E-state index contributed by atoms with van der Waals surface area (Å²) in [6.07, 6.45) is 1.05. The number of fused-ring (bicyclic) bond motifs is 10. The predicted octanol–water partition coefficient (Wildman–Crippen LogP) is 7.07. The fraction of sp³-hybridized carbons (Fsp3) is 0.103. The van der Waals surface area contributed by atoms with Gasteiger partial charge in [-0.05, 0) is 40.5 Å². The first kappa shape index (κ1) is 16.0. The number of hydrogen-bond donors (Lipinski definition) is 0. The summed E-state index contributed by atoms with van der Waals surface area (Å²) in [5, 5.41) is 7.83. The van der Waals surface area contributed by atoms with Gasteiger partial charge in [-0.25, -0.2) is 0 Å². The summed E-state index contributed by atoms with van der Waals surface area (Å²) in [4.78, 5) is 10.5. The fourth-order valence-electron chi connectivity index (χ4n) is 6.22. The van der Waals surface area contributed by atoms with Crippen molar-refractivity contribution in [3.8, 4) is 0 Å². The third-order valence-corrected chi connectivity index (χ3v) is 7.46. The van der Waals surface area contributed by atoms with Crippen molar-refractivity contribution in [1.29, 1.82) is 0 Å². The Labute approximate surface area is 179 Å². The third kappa shape index (κ3) is 1.89. The van der Waals surface area contributed by atoms with E-state index in [-0.39, 0.29) is 0 Å². The summed E-state index contributed by atoms with van der Waals surface area (Å²) < 4.78 is 0. The highest BCUT2D eigenvalue weighted by molar-refractivity contribution is 6.12. The van der Waals surface area contributed by atoms with Crippen LogP contribution in [0.3, 0.4) is 0 Å². The van der Waals surface area contributed by atoms with Gasteiger partial charge in [-0.2, -0.15) is 0 Å². The van der Waals surface area contributed by atoms with Crippen LogP contribution in [0.5, 0.6) is 0 Å². The van der Waals surface area contributed by atoms with Gasteiger partial charge in [0.05, 0.1) is 22.4 Å². The quantitative estimate of drug-likeness (QED) is 0.257. The van der Waals surface area contributed by atoms with Crippen LogP contribution in [0.2, 0.25) is 0 Å². The smallest absolute Gasteiger partial charge is 0.0712 e. The van der Waals surface area contributed by atoms with Gasteiger partial charge in [0.25, 0.3) is 0 Å². The van der Waals surface area contributed by atoms with Crippen LogP contribution >= 0.6 is 0 Å². The van der Waals surface area contributed by atoms with Gasteiger partial charge in [-0.15, -0.1) is 0 Å². The number of para-hydroxylation sites is 2. The molecule has 0 fully saturated rings. The summed E-state index contributed by atoms with van der Waals surface area (Å²) >= 11 is 0. The lowest BCUT2D eigenvalue weighted by Crippen LogP contribution is -2.23. The fourth-order valence-corrected chi connectivity index (χ4v) is 6.22. The molecule has 2 aromatic heterocycles. The molecule has 2 nitrogen and oxygen atoms in total. The topological polar surface area (TPSA) is 25.8 Å². The van der Waals surface area contributed by atoms with Crippen molar-refractivity contribution in [3.63, 3.8) is 0 Å². The van der Waals surface area contributed by atoms with Gasteiger partial charge in [0, 0.05) is 33.4 Å². The summed E-state index contributed by atoms with van der Waals surface area (Å²) in [5.74, 6) is 0.623. The molecule has 0 saturated carbocycles. The first-order valence-electron chi connectivity index (χ1n) is 11.0. The number of aromatic nitrogens is 2. The van der Waals surface area contributed by atoms with E-state index in [0.717, 1.165) is 17.5 Å². The van der Waals surface area contributed by atoms with Gasteiger partial charge in [0.2, 0.25) is 0 Å². The average Bonchev–Trinajstić information content (AvgIpc) is 2.84. The molecular formula is C29H18N2. The predicted molar refractivity (Wildman–Crippen MR) is 127 cm³/mol. The minimum Gasteiger partial charge on any atom is -0.252 e. The number of hydrogen-bond acceptors (Lipinski definition) is 2. The van der Waals surface area contributed by atoms with Crippen LogP contribution in [-0.4, -0.2) is 9.97 Å². The van der Waals surface area contributed by atoms with Crippen LogP contribution in [0.4, 0.5) is 0 Å². The highest BCUT2D eigenvalue weighted by Gasteiger charge is 2.39. The highest BCUT2D eigenvalue weighted by atomic mass is 14.8. The van der Waals surface area contributed by atoms with Crippen molar-refractivity contribution in [2.24, 2.45) is 0 Å². The Morgan fingerprint density at radius 3 is 1.45 bits per heavy atom. The maximum Gasteiger partial charge on any atom is 0.0712 e. The first-order valence-corrected chi connectivity index (χ1v) is 11.0. The van der Waals surface area contributed by atoms with Gasteiger partial charge in [-0.1, -0.05) is 72.8 Å². The lowest BCUT2D eigenvalue weighted by atomic mass is 9.68. The van der Waals surface area contributed by atoms with E-state index in [1.54, 1.807) is 0 Å². The van der Waals surface area contributed by atoms with Crippen LogP contribution in [0, 0.1) is 0 Å². The Morgan fingerprint density at radius 2 is 0.935 bits per heavy atom. The second kappa shape index (κ2) is 5.47. The molecular weight excluding hydrogens is 376 g/mol. The van der Waals surface area contributed by atoms with E-state index < -0.39 is 0 Å². The molecule has 8 rings (SSSR count). The summed E-state index contributed by atoms with van der Waals surface area (Å²) in [5.41, 5.74) is 7.45. The Bertz CT molecular complexity index is 1600. The second-order valence-corrected chi connectivity index (χ2v) is 8.91. The van der Waals surface area contributed by atoms with Gasteiger partial charge in [-0.3, -0.25) is 9.97 Å². The number of pyridine rings is 2. The molecule has 0 unspecified atom stereocenters. The van der Waals surface area contributed by atoms with Crippen LogP contribution in [0.1, 0.15) is 40.8 Å². The molecule has 2 heterocycles. The van der Waals surface area contributed by atoms with Crippen LogP contribution in [0.25, 0.3) is 43.4 Å². The standard InChI is InChI=1S/C29H18N2/c1-3-13-24-16(7-1)18-9-5-11-20-22-15-23(28(30-24)26(18)20)21-12-6-10-19-17-8-2-4-14-25(17)31-29(22)27(19)21/h1-14,22-23H,15H2/t22-,23-/m0/s1. The van der Waals surface area contributed by atoms with Gasteiger partial charge in [0.15, 0.2) is 0 Å². The van der Waals surface area contributed by atoms with Gasteiger partial charge in [0.1, 0.15) is 0 Å². The summed E-state index contributed by atoms with van der Waals surface area (Å²) in [6, 6.07) is 30.7. The lowest BCUT2D eigenvalue weighted by molar-refractivity contribution is 0.601. The van der Waals surface area contributed by atoms with Gasteiger partial charge >= 0.3 is 0 Å². The molecule has 2 atom stereocenters. The van der Waals surface area contributed by atoms with Crippen molar-refractivity contribution in [3.05, 3.63) is 107 Å². The van der Waals surface area contributed by atoms with Crippen LogP contribution < -0.4 is 0 Å². The Hall–Kier alpha value is -3.78. The minimum atomic E-state index is 0.311. The molecule has 0 amide bonds. The van der Waals surface area contributed by atoms with E-state index in [1.165, 1.54) is 54.8 Å². The molecule has 0 spiro atoms. The number of nitrogens with zero attached hydrogens (tertiary/aromatic N) is 2. The average molecular weight is 394 g/mol. The summed E-state index contributed by atoms with van der Waals surface area (Å²) in [7, 11) is 0. The molecule has 144 valence electrons. The molecule has 31 heavy (non-hydrogen) atoms. The van der Waals surface area contributed by atoms with E-state index >= 15 is 0 Å². The zero-order chi connectivity index (χ0) is 20.1. The van der Waals surface area contributed by atoms with E-state index in [0.29, 0.717) is 11.8 Å². The minimum absolute atomic E-state index is 0.311. The largest absolute Gasteiger partial charge is 0.252 e. The SMILES string of the molecule is c1ccc2c(c1)nc1c3c(cccc32)[C@@H]2C[C@H]1c1cccc3c1c2nc1ccccc13. The van der Waals surface area contributed by atoms with E-state index in [9.17, 15) is 0 Å². The molecule has 0 radical (unpaired) electrons. The number of rotatable bonds is 0. The van der Waals surface area contributed by atoms with Gasteiger partial charge < -0.3 is 0 Å². The Balaban J connectivity index is 1.59. The molecule has 4 aromatic carbocycles. The number of benzene rings is 4. The molecule has 2 heteroatoms. The van der Waals surface area contributed by atoms with Crippen LogP contribution in [0.15, 0.2) is 84.9 Å². The molecule has 0 N–H and O–H groups in total. The Morgan fingerprint density at radius 1 is 0.484 bits per heavy atom. The molecule has 2 aliphatic rings. The van der Waals surface area contributed by atoms with Crippen molar-refractivity contribution >= 4 is 43.4 Å². The first-order chi connectivity index (χ1) is 15.4. The van der Waals surface area contributed by atoms with Crippen molar-refractivity contribution in [2.45, 2.75) is 18.3 Å². The van der Waals surface area contributed by atoms with Crippen molar-refractivity contribution in [1.82, 2.24) is 9.97 Å². The lowest BCUT2D eigenvalue weighted by Gasteiger charge is -2.37. The van der Waals surface area contributed by atoms with E-state index in [2.05, 4.69) is 84.9 Å². The van der Waals surface area contributed by atoms with Crippen molar-refractivity contribution < 1.29 is 0 Å². The monoisotopic (exact) mass is 394 g/mol. The Kier molecular flexibility index (Phi) is 2.82. The molecule has 2 bridgehead atoms. The maximum absolute atomic E-state index is 5.26. The molecule has 0 aliphatic heterocycles. The maximum atomic E-state index is 5.26. The summed E-state index contributed by atoms with van der Waals surface area (Å²) in [6.45, 7) is 0. The highest BCUT2D eigenvalue weighted by Crippen LogP contribution is 2.54. The third-order valence-electron chi connectivity index (χ3n) is 7.46. The van der Waals surface area contributed by atoms with Crippen molar-refractivity contribution in [2.75, 3.05) is 0 Å². The second-order valence-electron chi connectivity index (χ2n) is 8.91. The van der Waals surface area contributed by atoms with Crippen LogP contribution in [-0.2, 0) is 0 Å². The molecule has 0 saturated heterocycles. The molecule has 6 aromatic rings. The normalized spacial score (nSPS) is 18.8. The molecule has 2 aliphatic carbocycles.